The summed E-state index contributed by atoms with van der Waals surface area (Å²) in [6, 6.07) is 15.0. The number of ether oxygens (including phenoxy) is 2. The minimum atomic E-state index is -3.79. The van der Waals surface area contributed by atoms with Crippen molar-refractivity contribution in [2.45, 2.75) is 44.2 Å². The molecule has 0 spiro atoms. The number of carboxylic acids is 1. The van der Waals surface area contributed by atoms with Crippen molar-refractivity contribution in [3.8, 4) is 0 Å². The van der Waals surface area contributed by atoms with Gasteiger partial charge in [0.2, 0.25) is 0 Å². The second-order valence-electron chi connectivity index (χ2n) is 7.20. The van der Waals surface area contributed by atoms with Crippen molar-refractivity contribution in [3.63, 3.8) is 0 Å². The van der Waals surface area contributed by atoms with Crippen LogP contribution in [0.5, 0.6) is 0 Å². The lowest BCUT2D eigenvalue weighted by Crippen LogP contribution is -2.47. The second kappa shape index (κ2) is 12.4. The molecule has 0 aliphatic carbocycles. The van der Waals surface area contributed by atoms with Crippen LogP contribution in [0.2, 0.25) is 0 Å². The molecule has 0 radical (unpaired) electrons. The number of allylic oxidation sites excluding steroid dienone is 1. The first-order chi connectivity index (χ1) is 15.2. The van der Waals surface area contributed by atoms with Gasteiger partial charge in [-0.05, 0) is 30.5 Å². The van der Waals surface area contributed by atoms with E-state index in [0.717, 1.165) is 18.2 Å². The van der Waals surface area contributed by atoms with Crippen LogP contribution >= 0.6 is 0 Å². The summed E-state index contributed by atoms with van der Waals surface area (Å²) in [4.78, 5) is 14.1. The number of unbranched alkanes of at least 4 members (excludes halogenated alkanes) is 1. The quantitative estimate of drug-likeness (QED) is 0.339. The molecule has 0 saturated carbocycles. The highest BCUT2D eigenvalue weighted by atomic mass is 32.2. The van der Waals surface area contributed by atoms with Gasteiger partial charge in [-0.25, -0.2) is 4.18 Å². The van der Waals surface area contributed by atoms with Gasteiger partial charge in [0.05, 0.1) is 25.4 Å². The molecule has 3 rings (SSSR count). The molecule has 1 saturated heterocycles. The first-order valence-corrected chi connectivity index (χ1v) is 12.0. The van der Waals surface area contributed by atoms with E-state index < -0.39 is 22.1 Å². The van der Waals surface area contributed by atoms with Gasteiger partial charge in [0.25, 0.3) is 10.1 Å². The Kier molecular flexibility index (Phi) is 9.98. The molecule has 174 valence electrons. The summed E-state index contributed by atoms with van der Waals surface area (Å²) in [5.41, 5.74) is 1.57. The van der Waals surface area contributed by atoms with Crippen LogP contribution in [0, 0.1) is 0 Å². The van der Waals surface area contributed by atoms with Gasteiger partial charge in [0.1, 0.15) is 0 Å². The molecule has 32 heavy (non-hydrogen) atoms. The maximum atomic E-state index is 11.7. The van der Waals surface area contributed by atoms with E-state index in [1.807, 2.05) is 36.4 Å². The number of hydrogen-bond donors (Lipinski definition) is 1. The summed E-state index contributed by atoms with van der Waals surface area (Å²) >= 11 is 0. The Labute approximate surface area is 189 Å². The first-order valence-electron chi connectivity index (χ1n) is 10.2. The van der Waals surface area contributed by atoms with Crippen LogP contribution in [0.25, 0.3) is 0 Å². The number of aliphatic carboxylic acids is 1. The zero-order chi connectivity index (χ0) is 23.5. The molecule has 1 N–H and O–H groups in total. The Morgan fingerprint density at radius 1 is 1.28 bits per heavy atom. The molecule has 8 nitrogen and oxygen atoms in total. The number of rotatable bonds is 9. The van der Waals surface area contributed by atoms with Gasteiger partial charge >= 0.3 is 11.9 Å². The number of aromatic nitrogens is 1. The zero-order valence-electron chi connectivity index (χ0n) is 18.1. The summed E-state index contributed by atoms with van der Waals surface area (Å²) < 4.78 is 40.3. The fourth-order valence-electron chi connectivity index (χ4n) is 3.05. The van der Waals surface area contributed by atoms with Crippen LogP contribution < -0.4 is 0 Å². The SMILES string of the molecule is C=CCCCC(=O)O.CS(=O)(=O)OC1(Cc2ccccn2)OCCC(c2ccccc2)O1. The molecule has 2 unspecified atom stereocenters. The standard InChI is InChI=1S/C17H19NO5S.C6H10O2/c1-24(19,20)23-17(13-15-9-5-6-11-18-15)21-12-10-16(22-17)14-7-3-2-4-8-14;1-2-3-4-5-6(7)8/h2-9,11,16H,10,12-13H2,1H3;2H,1,3-5H2,(H,7,8). The summed E-state index contributed by atoms with van der Waals surface area (Å²) in [7, 11) is -3.79. The molecular weight excluding hydrogens is 434 g/mol. The lowest BCUT2D eigenvalue weighted by molar-refractivity contribution is -0.384. The maximum absolute atomic E-state index is 11.7. The fraction of sp³-hybridized carbons (Fsp3) is 0.391. The molecule has 2 atom stereocenters. The lowest BCUT2D eigenvalue weighted by atomic mass is 10.1. The smallest absolute Gasteiger partial charge is 0.304 e. The van der Waals surface area contributed by atoms with Crippen LogP contribution in [-0.4, -0.2) is 43.3 Å². The molecule has 1 aliphatic heterocycles. The monoisotopic (exact) mass is 463 g/mol. The van der Waals surface area contributed by atoms with E-state index in [1.54, 1.807) is 24.4 Å². The summed E-state index contributed by atoms with van der Waals surface area (Å²) in [5, 5.41) is 8.11. The van der Waals surface area contributed by atoms with E-state index in [0.29, 0.717) is 25.1 Å². The molecule has 2 aromatic rings. The van der Waals surface area contributed by atoms with Crippen molar-refractivity contribution >= 4 is 16.1 Å². The molecule has 1 fully saturated rings. The van der Waals surface area contributed by atoms with Gasteiger partial charge in [-0.2, -0.15) is 8.42 Å². The molecule has 9 heteroatoms. The molecule has 1 aromatic carbocycles. The summed E-state index contributed by atoms with van der Waals surface area (Å²) in [6.07, 6.45) is 6.46. The van der Waals surface area contributed by atoms with Gasteiger partial charge in [-0.15, -0.1) is 6.58 Å². The normalized spacial score (nSPS) is 20.6. The van der Waals surface area contributed by atoms with Gasteiger partial charge < -0.3 is 14.6 Å². The Morgan fingerprint density at radius 3 is 2.59 bits per heavy atom. The summed E-state index contributed by atoms with van der Waals surface area (Å²) in [5.74, 6) is -2.44. The Hall–Kier alpha value is -2.59. The fourth-order valence-corrected chi connectivity index (χ4v) is 3.66. The van der Waals surface area contributed by atoms with Crippen molar-refractivity contribution in [2.24, 2.45) is 0 Å². The number of pyridine rings is 1. The summed E-state index contributed by atoms with van der Waals surface area (Å²) in [6.45, 7) is 3.79. The number of carbonyl (C=O) groups is 1. The highest BCUT2D eigenvalue weighted by Gasteiger charge is 2.44. The average Bonchev–Trinajstić information content (AvgIpc) is 2.74. The molecule has 1 aromatic heterocycles. The van der Waals surface area contributed by atoms with E-state index in [4.69, 9.17) is 18.8 Å². The lowest BCUT2D eigenvalue weighted by Gasteiger charge is -2.39. The maximum Gasteiger partial charge on any atom is 0.304 e. The van der Waals surface area contributed by atoms with E-state index >= 15 is 0 Å². The predicted octanol–water partition coefficient (Wildman–Crippen LogP) is 3.86. The van der Waals surface area contributed by atoms with Crippen LogP contribution in [0.1, 0.15) is 43.0 Å². The molecule has 0 bridgehead atoms. The third-order valence-corrected chi connectivity index (χ3v) is 4.95. The van der Waals surface area contributed by atoms with E-state index in [2.05, 4.69) is 11.6 Å². The first kappa shape index (κ1) is 25.7. The third-order valence-electron chi connectivity index (χ3n) is 4.40. The average molecular weight is 464 g/mol. The van der Waals surface area contributed by atoms with Crippen molar-refractivity contribution < 1.29 is 32.0 Å². The number of carboxylic acid groups (broad SMARTS) is 1. The van der Waals surface area contributed by atoms with Gasteiger partial charge in [-0.3, -0.25) is 9.78 Å². The minimum absolute atomic E-state index is 0.0737. The van der Waals surface area contributed by atoms with Crippen molar-refractivity contribution in [1.82, 2.24) is 4.98 Å². The van der Waals surface area contributed by atoms with E-state index in [1.165, 1.54) is 0 Å². The van der Waals surface area contributed by atoms with E-state index in [-0.39, 0.29) is 18.9 Å². The zero-order valence-corrected chi connectivity index (χ0v) is 18.9. The minimum Gasteiger partial charge on any atom is -0.481 e. The van der Waals surface area contributed by atoms with Crippen LogP contribution in [0.3, 0.4) is 0 Å². The Balaban J connectivity index is 0.000000390. The van der Waals surface area contributed by atoms with Crippen LogP contribution in [-0.2, 0) is 35.0 Å². The van der Waals surface area contributed by atoms with Crippen molar-refractivity contribution in [2.75, 3.05) is 12.9 Å². The van der Waals surface area contributed by atoms with Crippen LogP contribution in [0.4, 0.5) is 0 Å². The van der Waals surface area contributed by atoms with E-state index in [9.17, 15) is 13.2 Å². The number of benzene rings is 1. The van der Waals surface area contributed by atoms with Gasteiger partial charge in [-0.1, -0.05) is 42.5 Å². The van der Waals surface area contributed by atoms with Crippen molar-refractivity contribution in [3.05, 3.63) is 78.6 Å². The van der Waals surface area contributed by atoms with Crippen molar-refractivity contribution in [1.29, 1.82) is 0 Å². The highest BCUT2D eigenvalue weighted by molar-refractivity contribution is 7.86. The number of hydrogen-bond acceptors (Lipinski definition) is 7. The third kappa shape index (κ3) is 9.27. The van der Waals surface area contributed by atoms with Gasteiger partial charge in [0, 0.05) is 24.7 Å². The highest BCUT2D eigenvalue weighted by Crippen LogP contribution is 2.36. The molecule has 0 amide bonds. The Bertz CT molecular complexity index is 951. The molecule has 1 aliphatic rings. The largest absolute Gasteiger partial charge is 0.481 e. The van der Waals surface area contributed by atoms with Gasteiger partial charge in [0.15, 0.2) is 0 Å². The topological polar surface area (TPSA) is 112 Å². The molecule has 2 heterocycles. The Morgan fingerprint density at radius 2 is 2.00 bits per heavy atom. The van der Waals surface area contributed by atoms with Crippen LogP contribution in [0.15, 0.2) is 67.4 Å². The molecular formula is C23H29NO7S. The predicted molar refractivity (Wildman–Crippen MR) is 119 cm³/mol. The second-order valence-corrected chi connectivity index (χ2v) is 8.77. The number of nitrogens with zero attached hydrogens (tertiary/aromatic N) is 1.